The summed E-state index contributed by atoms with van der Waals surface area (Å²) in [5.41, 5.74) is 4.60. The number of methoxy groups -OCH3 is 1. The quantitative estimate of drug-likeness (QED) is 0.430. The monoisotopic (exact) mass is 454 g/mol. The number of amides is 1. The molecule has 10 nitrogen and oxygen atoms in total. The number of ether oxygens (including phenoxy) is 1. The van der Waals surface area contributed by atoms with Crippen LogP contribution < -0.4 is 5.32 Å². The van der Waals surface area contributed by atoms with E-state index in [-0.39, 0.29) is 18.5 Å². The van der Waals surface area contributed by atoms with E-state index in [2.05, 4.69) is 43.6 Å². The summed E-state index contributed by atoms with van der Waals surface area (Å²) < 4.78 is 6.56. The number of benzene rings is 1. The van der Waals surface area contributed by atoms with Gasteiger partial charge in [0, 0.05) is 18.4 Å². The number of aromatic nitrogens is 6. The van der Waals surface area contributed by atoms with Gasteiger partial charge in [0.25, 0.3) is 5.91 Å². The molecule has 0 saturated carbocycles. The average molecular weight is 454 g/mol. The Morgan fingerprint density at radius 2 is 1.85 bits per heavy atom. The lowest BCUT2D eigenvalue weighted by atomic mass is 10.1. The van der Waals surface area contributed by atoms with E-state index in [1.165, 1.54) is 7.11 Å². The van der Waals surface area contributed by atoms with Crippen LogP contribution in [-0.2, 0) is 22.5 Å². The van der Waals surface area contributed by atoms with Crippen LogP contribution in [0.1, 0.15) is 23.9 Å². The highest BCUT2D eigenvalue weighted by Crippen LogP contribution is 2.25. The van der Waals surface area contributed by atoms with Crippen LogP contribution in [0, 0.1) is 11.3 Å². The van der Waals surface area contributed by atoms with Gasteiger partial charge in [0.1, 0.15) is 12.3 Å². The van der Waals surface area contributed by atoms with Gasteiger partial charge in [0.2, 0.25) is 5.95 Å². The summed E-state index contributed by atoms with van der Waals surface area (Å²) in [6.45, 7) is 2.38. The molecule has 1 aromatic carbocycles. The van der Waals surface area contributed by atoms with E-state index >= 15 is 0 Å². The molecule has 3 heterocycles. The number of carbonyl (C=O) groups excluding carboxylic acids is 1. The third-order valence-corrected chi connectivity index (χ3v) is 4.89. The largest absolute Gasteiger partial charge is 0.375 e. The van der Waals surface area contributed by atoms with Crippen LogP contribution in [0.2, 0.25) is 0 Å². The number of hydrogen-bond donors (Lipinski definition) is 1. The van der Waals surface area contributed by atoms with Crippen LogP contribution in [-0.4, -0.2) is 49.6 Å². The second kappa shape index (κ2) is 10.4. The summed E-state index contributed by atoms with van der Waals surface area (Å²) in [6, 6.07) is 16.8. The first-order valence-electron chi connectivity index (χ1n) is 10.6. The molecule has 34 heavy (non-hydrogen) atoms. The van der Waals surface area contributed by atoms with Crippen molar-refractivity contribution in [1.82, 2.24) is 29.9 Å². The smallest absolute Gasteiger partial charge is 0.252 e. The molecule has 0 aliphatic carbocycles. The van der Waals surface area contributed by atoms with Crippen molar-refractivity contribution < 1.29 is 9.53 Å². The van der Waals surface area contributed by atoms with E-state index in [0.29, 0.717) is 34.8 Å². The molecule has 0 radical (unpaired) electrons. The fraction of sp³-hybridized carbons (Fsp3) is 0.208. The van der Waals surface area contributed by atoms with E-state index < -0.39 is 0 Å². The van der Waals surface area contributed by atoms with Gasteiger partial charge in [-0.2, -0.15) is 5.26 Å². The summed E-state index contributed by atoms with van der Waals surface area (Å²) in [5, 5.41) is 20.4. The van der Waals surface area contributed by atoms with Crippen molar-refractivity contribution in [3.63, 3.8) is 0 Å². The highest BCUT2D eigenvalue weighted by molar-refractivity contribution is 5.90. The number of nitrogens with one attached hydrogen (secondary N) is 1. The first-order valence-corrected chi connectivity index (χ1v) is 10.6. The van der Waals surface area contributed by atoms with Crippen LogP contribution in [0.25, 0.3) is 22.6 Å². The maximum atomic E-state index is 12.1. The second-order valence-corrected chi connectivity index (χ2v) is 7.41. The molecule has 0 saturated heterocycles. The summed E-state index contributed by atoms with van der Waals surface area (Å²) in [6.07, 6.45) is 2.61. The zero-order valence-electron chi connectivity index (χ0n) is 18.8. The molecular formula is C24H22N8O2. The number of carbonyl (C=O) groups is 1. The third-order valence-electron chi connectivity index (χ3n) is 4.89. The molecule has 0 aliphatic rings. The van der Waals surface area contributed by atoms with E-state index in [1.807, 2.05) is 24.3 Å². The summed E-state index contributed by atoms with van der Waals surface area (Å²) >= 11 is 0. The van der Waals surface area contributed by atoms with Gasteiger partial charge in [-0.05, 0) is 36.8 Å². The first-order chi connectivity index (χ1) is 16.6. The number of pyridine rings is 1. The van der Waals surface area contributed by atoms with Crippen molar-refractivity contribution in [2.75, 3.05) is 19.0 Å². The number of aryl methyl sites for hydroxylation is 1. The Kier molecular flexibility index (Phi) is 6.95. The molecule has 170 valence electrons. The number of anilines is 1. The van der Waals surface area contributed by atoms with Crippen molar-refractivity contribution in [2.45, 2.75) is 19.9 Å². The number of nitrogens with zero attached hydrogens (tertiary/aromatic N) is 7. The van der Waals surface area contributed by atoms with E-state index in [9.17, 15) is 10.1 Å². The van der Waals surface area contributed by atoms with Gasteiger partial charge in [-0.1, -0.05) is 30.3 Å². The van der Waals surface area contributed by atoms with Crippen LogP contribution in [0.4, 0.5) is 5.95 Å². The van der Waals surface area contributed by atoms with Crippen molar-refractivity contribution >= 4 is 11.9 Å². The molecule has 10 heteroatoms. The SMILES string of the molecule is CCc1cccc(Cn2cc(-c3cc(-c4cccc(C#N)c4)nc(NC(=O)COC)n3)nn2)n1. The van der Waals surface area contributed by atoms with E-state index in [0.717, 1.165) is 17.8 Å². The van der Waals surface area contributed by atoms with Gasteiger partial charge in [-0.15, -0.1) is 5.10 Å². The number of nitriles is 1. The predicted octanol–water partition coefficient (Wildman–Crippen LogP) is 2.86. The highest BCUT2D eigenvalue weighted by Gasteiger charge is 2.14. The number of hydrogen-bond acceptors (Lipinski definition) is 8. The molecule has 1 N–H and O–H groups in total. The Labute approximate surface area is 196 Å². The topological polar surface area (TPSA) is 132 Å². The predicted molar refractivity (Wildman–Crippen MR) is 124 cm³/mol. The summed E-state index contributed by atoms with van der Waals surface area (Å²) in [5.74, 6) is -0.286. The molecule has 1 amide bonds. The van der Waals surface area contributed by atoms with Crippen molar-refractivity contribution in [2.24, 2.45) is 0 Å². The molecule has 4 aromatic rings. The lowest BCUT2D eigenvalue weighted by Crippen LogP contribution is -2.19. The molecule has 0 unspecified atom stereocenters. The van der Waals surface area contributed by atoms with Crippen molar-refractivity contribution in [3.05, 3.63) is 71.7 Å². The van der Waals surface area contributed by atoms with Gasteiger partial charge in [0.05, 0.1) is 41.5 Å². The average Bonchev–Trinajstić information content (AvgIpc) is 3.32. The van der Waals surface area contributed by atoms with E-state index in [1.54, 1.807) is 35.1 Å². The summed E-state index contributed by atoms with van der Waals surface area (Å²) in [7, 11) is 1.43. The lowest BCUT2D eigenvalue weighted by Gasteiger charge is -2.08. The normalized spacial score (nSPS) is 10.6. The van der Waals surface area contributed by atoms with Gasteiger partial charge in [-0.3, -0.25) is 15.1 Å². The fourth-order valence-corrected chi connectivity index (χ4v) is 3.30. The van der Waals surface area contributed by atoms with E-state index in [4.69, 9.17) is 4.74 Å². The minimum atomic E-state index is -0.387. The van der Waals surface area contributed by atoms with Crippen LogP contribution >= 0.6 is 0 Å². The fourth-order valence-electron chi connectivity index (χ4n) is 3.30. The van der Waals surface area contributed by atoms with Crippen molar-refractivity contribution in [3.8, 4) is 28.7 Å². The Bertz CT molecular complexity index is 1360. The Balaban J connectivity index is 1.68. The standard InChI is InChI=1S/C24H22N8O2/c1-3-18-8-5-9-19(26-18)13-32-14-22(30-31-32)21-11-20(17-7-4-6-16(10-17)12-25)27-24(28-21)29-23(33)15-34-2/h4-11,14H,3,13,15H2,1-2H3,(H,27,28,29,33). The molecule has 0 aliphatic heterocycles. The molecule has 3 aromatic heterocycles. The van der Waals surface area contributed by atoms with Crippen molar-refractivity contribution in [1.29, 1.82) is 5.26 Å². The Morgan fingerprint density at radius 3 is 2.65 bits per heavy atom. The number of rotatable bonds is 8. The van der Waals surface area contributed by atoms with Gasteiger partial charge in [0.15, 0.2) is 0 Å². The maximum Gasteiger partial charge on any atom is 0.252 e. The molecule has 0 bridgehead atoms. The van der Waals surface area contributed by atoms with Crippen LogP contribution in [0.5, 0.6) is 0 Å². The Hall–Kier alpha value is -4.49. The van der Waals surface area contributed by atoms with Gasteiger partial charge in [-0.25, -0.2) is 14.6 Å². The minimum Gasteiger partial charge on any atom is -0.375 e. The van der Waals surface area contributed by atoms with Gasteiger partial charge < -0.3 is 4.74 Å². The lowest BCUT2D eigenvalue weighted by molar-refractivity contribution is -0.119. The molecular weight excluding hydrogens is 432 g/mol. The van der Waals surface area contributed by atoms with Crippen LogP contribution in [0.3, 0.4) is 0 Å². The second-order valence-electron chi connectivity index (χ2n) is 7.41. The molecule has 4 rings (SSSR count). The molecule has 0 spiro atoms. The maximum absolute atomic E-state index is 12.1. The molecule has 0 atom stereocenters. The first kappa shape index (κ1) is 22.7. The minimum absolute atomic E-state index is 0.101. The highest BCUT2D eigenvalue weighted by atomic mass is 16.5. The molecule has 0 fully saturated rings. The van der Waals surface area contributed by atoms with Crippen LogP contribution in [0.15, 0.2) is 54.7 Å². The summed E-state index contributed by atoms with van der Waals surface area (Å²) in [4.78, 5) is 25.6. The third kappa shape index (κ3) is 5.46. The van der Waals surface area contributed by atoms with Gasteiger partial charge >= 0.3 is 0 Å². The Morgan fingerprint density at radius 1 is 1.06 bits per heavy atom. The zero-order valence-corrected chi connectivity index (χ0v) is 18.8. The zero-order chi connectivity index (χ0) is 23.9.